The Balaban J connectivity index is 1.91. The van der Waals surface area contributed by atoms with Crippen LogP contribution in [0.4, 0.5) is 13.9 Å². The predicted octanol–water partition coefficient (Wildman–Crippen LogP) is 1.83. The van der Waals surface area contributed by atoms with E-state index in [-0.39, 0.29) is 10.9 Å². The van der Waals surface area contributed by atoms with E-state index in [2.05, 4.69) is 20.8 Å². The topological polar surface area (TPSA) is 97.1 Å². The van der Waals surface area contributed by atoms with Crippen molar-refractivity contribution in [1.29, 1.82) is 0 Å². The van der Waals surface area contributed by atoms with Crippen LogP contribution in [0.5, 0.6) is 0 Å². The first kappa shape index (κ1) is 15.0. The Hall–Kier alpha value is -2.36. The Labute approximate surface area is 121 Å². The van der Waals surface area contributed by atoms with Crippen molar-refractivity contribution in [2.75, 3.05) is 5.32 Å². The highest BCUT2D eigenvalue weighted by Crippen LogP contribution is 2.25. The zero-order valence-corrected chi connectivity index (χ0v) is 11.5. The van der Waals surface area contributed by atoms with Crippen LogP contribution in [0.1, 0.15) is 28.9 Å². The molecule has 0 saturated heterocycles. The van der Waals surface area contributed by atoms with E-state index in [1.807, 2.05) is 0 Å². The van der Waals surface area contributed by atoms with Crippen LogP contribution in [0.15, 0.2) is 22.8 Å². The molecule has 2 rings (SSSR count). The normalized spacial score (nSPS) is 12.2. The number of alkyl halides is 2. The molecule has 1 unspecified atom stereocenters. The van der Waals surface area contributed by atoms with Gasteiger partial charge in [0.25, 0.3) is 12.3 Å². The number of rotatable bonds is 5. The maximum atomic E-state index is 12.3. The van der Waals surface area contributed by atoms with E-state index >= 15 is 0 Å². The molecule has 21 heavy (non-hydrogen) atoms. The maximum Gasteiger partial charge on any atom is 0.291 e. The van der Waals surface area contributed by atoms with Gasteiger partial charge in [-0.2, -0.15) is 0 Å². The van der Waals surface area contributed by atoms with Crippen LogP contribution in [0.2, 0.25) is 0 Å². The van der Waals surface area contributed by atoms with E-state index in [0.717, 1.165) is 0 Å². The van der Waals surface area contributed by atoms with Crippen LogP contribution in [0.25, 0.3) is 0 Å². The maximum absolute atomic E-state index is 12.3. The standard InChI is InChI=1S/C11H10F2N4O3S/c1-5(14-9(19)6-3-2-4-20-6)8(18)15-11-17-16-10(21-11)7(12)13/h2-5,7H,1H3,(H,14,19)(H,15,17,18). The van der Waals surface area contributed by atoms with Gasteiger partial charge in [-0.05, 0) is 19.1 Å². The van der Waals surface area contributed by atoms with Crippen LogP contribution < -0.4 is 10.6 Å². The van der Waals surface area contributed by atoms with Crippen molar-refractivity contribution in [2.45, 2.75) is 19.4 Å². The summed E-state index contributed by atoms with van der Waals surface area (Å²) in [6.45, 7) is 1.44. The van der Waals surface area contributed by atoms with E-state index in [1.165, 1.54) is 25.3 Å². The molecule has 0 aliphatic heterocycles. The molecule has 112 valence electrons. The monoisotopic (exact) mass is 316 g/mol. The second kappa shape index (κ2) is 6.39. The number of carbonyl (C=O) groups is 2. The van der Waals surface area contributed by atoms with E-state index in [0.29, 0.717) is 11.3 Å². The van der Waals surface area contributed by atoms with Gasteiger partial charge in [-0.1, -0.05) is 11.3 Å². The van der Waals surface area contributed by atoms with Gasteiger partial charge in [0, 0.05) is 0 Å². The molecule has 0 fully saturated rings. The van der Waals surface area contributed by atoms with Gasteiger partial charge in [-0.25, -0.2) is 8.78 Å². The highest BCUT2D eigenvalue weighted by atomic mass is 32.1. The van der Waals surface area contributed by atoms with Crippen molar-refractivity contribution in [1.82, 2.24) is 15.5 Å². The van der Waals surface area contributed by atoms with Crippen molar-refractivity contribution in [3.05, 3.63) is 29.2 Å². The second-order valence-electron chi connectivity index (χ2n) is 3.91. The van der Waals surface area contributed by atoms with Gasteiger partial charge >= 0.3 is 0 Å². The number of nitrogens with one attached hydrogen (secondary N) is 2. The van der Waals surface area contributed by atoms with Crippen molar-refractivity contribution >= 4 is 28.3 Å². The van der Waals surface area contributed by atoms with Gasteiger partial charge in [0.15, 0.2) is 10.8 Å². The number of hydrogen-bond acceptors (Lipinski definition) is 6. The number of carbonyl (C=O) groups excluding carboxylic acids is 2. The van der Waals surface area contributed by atoms with E-state index < -0.39 is 29.3 Å². The number of amides is 2. The molecule has 0 aliphatic rings. The van der Waals surface area contributed by atoms with Gasteiger partial charge in [0.1, 0.15) is 6.04 Å². The lowest BCUT2D eigenvalue weighted by atomic mass is 10.3. The lowest BCUT2D eigenvalue weighted by molar-refractivity contribution is -0.117. The van der Waals surface area contributed by atoms with Gasteiger partial charge in [0.2, 0.25) is 11.0 Å². The lowest BCUT2D eigenvalue weighted by Crippen LogP contribution is -2.41. The number of nitrogens with zero attached hydrogens (tertiary/aromatic N) is 2. The van der Waals surface area contributed by atoms with Crippen molar-refractivity contribution in [3.63, 3.8) is 0 Å². The van der Waals surface area contributed by atoms with E-state index in [1.54, 1.807) is 0 Å². The molecule has 0 saturated carbocycles. The first-order valence-corrected chi connectivity index (χ1v) is 6.56. The van der Waals surface area contributed by atoms with Gasteiger partial charge in [0.05, 0.1) is 6.26 Å². The summed E-state index contributed by atoms with van der Waals surface area (Å²) in [5, 5.41) is 10.8. The number of hydrogen-bond donors (Lipinski definition) is 2. The van der Waals surface area contributed by atoms with Gasteiger partial charge < -0.3 is 9.73 Å². The molecule has 0 radical (unpaired) electrons. The van der Waals surface area contributed by atoms with Crippen molar-refractivity contribution in [2.24, 2.45) is 0 Å². The zero-order chi connectivity index (χ0) is 15.4. The predicted molar refractivity (Wildman–Crippen MR) is 69.1 cm³/mol. The summed E-state index contributed by atoms with van der Waals surface area (Å²) < 4.78 is 29.5. The number of furan rings is 1. The molecule has 0 spiro atoms. The van der Waals surface area contributed by atoms with Gasteiger partial charge in [-0.3, -0.25) is 14.9 Å². The van der Waals surface area contributed by atoms with Crippen molar-refractivity contribution < 1.29 is 22.8 Å². The van der Waals surface area contributed by atoms with Crippen LogP contribution in [0.3, 0.4) is 0 Å². The first-order chi connectivity index (χ1) is 9.97. The molecule has 0 aliphatic carbocycles. The molecule has 2 heterocycles. The number of aromatic nitrogens is 2. The molecule has 2 aromatic rings. The average molecular weight is 316 g/mol. The van der Waals surface area contributed by atoms with Crippen LogP contribution in [-0.2, 0) is 4.79 Å². The van der Waals surface area contributed by atoms with Crippen LogP contribution in [-0.4, -0.2) is 28.1 Å². The smallest absolute Gasteiger partial charge is 0.291 e. The molecule has 0 bridgehead atoms. The highest BCUT2D eigenvalue weighted by molar-refractivity contribution is 7.15. The Morgan fingerprint density at radius 3 is 2.71 bits per heavy atom. The highest BCUT2D eigenvalue weighted by Gasteiger charge is 2.20. The summed E-state index contributed by atoms with van der Waals surface area (Å²) in [6.07, 6.45) is -1.42. The Morgan fingerprint density at radius 1 is 1.38 bits per heavy atom. The summed E-state index contributed by atoms with van der Waals surface area (Å²) in [7, 11) is 0. The summed E-state index contributed by atoms with van der Waals surface area (Å²) in [5.74, 6) is -1.11. The quantitative estimate of drug-likeness (QED) is 0.877. The lowest BCUT2D eigenvalue weighted by Gasteiger charge is -2.11. The third-order valence-corrected chi connectivity index (χ3v) is 3.19. The molecule has 1 atom stereocenters. The summed E-state index contributed by atoms with van der Waals surface area (Å²) in [6, 6.07) is 2.08. The van der Waals surface area contributed by atoms with E-state index in [4.69, 9.17) is 4.42 Å². The third-order valence-electron chi connectivity index (χ3n) is 2.34. The number of halogens is 2. The SMILES string of the molecule is CC(NC(=O)c1ccco1)C(=O)Nc1nnc(C(F)F)s1. The molecule has 7 nitrogen and oxygen atoms in total. The zero-order valence-electron chi connectivity index (χ0n) is 10.7. The van der Waals surface area contributed by atoms with Crippen LogP contribution in [0, 0.1) is 0 Å². The van der Waals surface area contributed by atoms with Gasteiger partial charge in [-0.15, -0.1) is 10.2 Å². The fourth-order valence-electron chi connectivity index (χ4n) is 1.33. The largest absolute Gasteiger partial charge is 0.459 e. The Morgan fingerprint density at radius 2 is 2.14 bits per heavy atom. The molecular weight excluding hydrogens is 306 g/mol. The minimum atomic E-state index is -2.75. The minimum Gasteiger partial charge on any atom is -0.459 e. The minimum absolute atomic E-state index is 0.0607. The molecule has 2 amide bonds. The molecular formula is C11H10F2N4O3S. The molecule has 10 heteroatoms. The van der Waals surface area contributed by atoms with Crippen LogP contribution >= 0.6 is 11.3 Å². The second-order valence-corrected chi connectivity index (χ2v) is 4.92. The molecule has 2 N–H and O–H groups in total. The third kappa shape index (κ3) is 3.81. The fraction of sp³-hybridized carbons (Fsp3) is 0.273. The summed E-state index contributed by atoms with van der Waals surface area (Å²) in [4.78, 5) is 23.4. The van der Waals surface area contributed by atoms with Crippen molar-refractivity contribution in [3.8, 4) is 0 Å². The average Bonchev–Trinajstić information content (AvgIpc) is 3.09. The molecule has 0 aromatic carbocycles. The van der Waals surface area contributed by atoms with E-state index in [9.17, 15) is 18.4 Å². The Bertz CT molecular complexity index is 629. The first-order valence-electron chi connectivity index (χ1n) is 5.74. The number of anilines is 1. The molecule has 2 aromatic heterocycles. The summed E-state index contributed by atoms with van der Waals surface area (Å²) in [5.41, 5.74) is 0. The summed E-state index contributed by atoms with van der Waals surface area (Å²) >= 11 is 0.568. The fourth-order valence-corrected chi connectivity index (χ4v) is 1.93. The Kier molecular flexibility index (Phi) is 4.58.